The fraction of sp³-hybridized carbons (Fsp3) is 0.463. The largest absolute Gasteiger partial charge is 0.457 e. The number of ether oxygens (including phenoxy) is 1. The molecule has 1 N–H and O–H groups in total. The Kier molecular flexibility index (Phi) is 10.5. The summed E-state index contributed by atoms with van der Waals surface area (Å²) in [6, 6.07) is 23.7. The lowest BCUT2D eigenvalue weighted by Gasteiger charge is -2.37. The molecular weight excluding hydrogens is 661 g/mol. The molecule has 1 aromatic heterocycles. The molecule has 3 aromatic carbocycles. The number of hydrogen-bond acceptors (Lipinski definition) is 6. The normalized spacial score (nSPS) is 17.6. The number of carbonyl (C=O) groups excluding carboxylic acids is 2. The first-order chi connectivity index (χ1) is 24.8. The molecule has 9 nitrogen and oxygen atoms in total. The number of fused-ring (bicyclic) bond motifs is 1. The highest BCUT2D eigenvalue weighted by Crippen LogP contribution is 2.45. The van der Waals surface area contributed by atoms with E-state index in [2.05, 4.69) is 40.2 Å². The smallest absolute Gasteiger partial charge is 0.264 e. The Hall–Kier alpha value is -4.15. The molecule has 2 heterocycles. The third kappa shape index (κ3) is 7.72. The van der Waals surface area contributed by atoms with Crippen molar-refractivity contribution in [1.29, 1.82) is 0 Å². The summed E-state index contributed by atoms with van der Waals surface area (Å²) in [5.41, 5.74) is 4.21. The molecule has 2 saturated carbocycles. The molecule has 1 saturated heterocycles. The molecule has 1 aliphatic heterocycles. The SMILES string of the molecule is CCN(CC)C1CCN(C(=O)Cn2c(-c3ccc(Oc4ccccc4)cc3)c(C3CCCCC3)c3ccc(C(=O)NS(=O)(=O)C4CC4)cc32)CC1. The third-order valence-corrected chi connectivity index (χ3v) is 12.9. The number of piperidine rings is 1. The van der Waals surface area contributed by atoms with Gasteiger partial charge in [-0.05, 0) is 117 Å². The van der Waals surface area contributed by atoms with Crippen LogP contribution >= 0.6 is 0 Å². The van der Waals surface area contributed by atoms with Crippen LogP contribution in [0.1, 0.15) is 93.5 Å². The van der Waals surface area contributed by atoms with Crippen LogP contribution in [0.25, 0.3) is 22.2 Å². The van der Waals surface area contributed by atoms with E-state index in [0.717, 1.165) is 85.3 Å². The number of nitrogens with zero attached hydrogens (tertiary/aromatic N) is 3. The number of para-hydroxylation sites is 1. The third-order valence-electron chi connectivity index (χ3n) is 11.1. The van der Waals surface area contributed by atoms with Crippen LogP contribution in [0.4, 0.5) is 0 Å². The monoisotopic (exact) mass is 710 g/mol. The maximum Gasteiger partial charge on any atom is 0.264 e. The van der Waals surface area contributed by atoms with Crippen molar-refractivity contribution in [3.05, 3.63) is 83.9 Å². The summed E-state index contributed by atoms with van der Waals surface area (Å²) in [4.78, 5) is 32.1. The Morgan fingerprint density at radius 1 is 0.824 bits per heavy atom. The van der Waals surface area contributed by atoms with E-state index in [-0.39, 0.29) is 18.0 Å². The fourth-order valence-corrected chi connectivity index (χ4v) is 9.51. The minimum absolute atomic E-state index is 0.0523. The minimum atomic E-state index is -3.72. The Bertz CT molecular complexity index is 1950. The van der Waals surface area contributed by atoms with E-state index in [1.54, 1.807) is 12.1 Å². The minimum Gasteiger partial charge on any atom is -0.457 e. The first-order valence-electron chi connectivity index (χ1n) is 18.8. The molecule has 4 aromatic rings. The maximum absolute atomic E-state index is 14.3. The Morgan fingerprint density at radius 2 is 1.49 bits per heavy atom. The van der Waals surface area contributed by atoms with Gasteiger partial charge in [0.05, 0.1) is 16.5 Å². The first kappa shape index (κ1) is 35.3. The molecule has 3 fully saturated rings. The second-order valence-electron chi connectivity index (χ2n) is 14.4. The van der Waals surface area contributed by atoms with Gasteiger partial charge in [-0.1, -0.05) is 57.4 Å². The van der Waals surface area contributed by atoms with Crippen molar-refractivity contribution in [1.82, 2.24) is 19.1 Å². The highest BCUT2D eigenvalue weighted by Gasteiger charge is 2.37. The van der Waals surface area contributed by atoms with Crippen molar-refractivity contribution in [3.63, 3.8) is 0 Å². The van der Waals surface area contributed by atoms with Gasteiger partial charge in [-0.15, -0.1) is 0 Å². The van der Waals surface area contributed by atoms with E-state index in [1.165, 1.54) is 12.0 Å². The average molecular weight is 711 g/mol. The molecule has 0 bridgehead atoms. The van der Waals surface area contributed by atoms with Gasteiger partial charge in [-0.3, -0.25) is 9.59 Å². The van der Waals surface area contributed by atoms with Crippen molar-refractivity contribution in [2.45, 2.75) is 95.4 Å². The predicted octanol–water partition coefficient (Wildman–Crippen LogP) is 7.70. The lowest BCUT2D eigenvalue weighted by atomic mass is 9.81. The number of rotatable bonds is 12. The zero-order valence-corrected chi connectivity index (χ0v) is 30.7. The summed E-state index contributed by atoms with van der Waals surface area (Å²) in [7, 11) is -3.72. The molecule has 0 spiro atoms. The molecule has 51 heavy (non-hydrogen) atoms. The van der Waals surface area contributed by atoms with E-state index in [9.17, 15) is 18.0 Å². The van der Waals surface area contributed by atoms with E-state index in [4.69, 9.17) is 4.74 Å². The highest BCUT2D eigenvalue weighted by molar-refractivity contribution is 7.91. The summed E-state index contributed by atoms with van der Waals surface area (Å²) in [6.07, 6.45) is 8.63. The number of amides is 2. The molecule has 2 amide bonds. The lowest BCUT2D eigenvalue weighted by Crippen LogP contribution is -2.47. The summed E-state index contributed by atoms with van der Waals surface area (Å²) >= 11 is 0. The van der Waals surface area contributed by atoms with E-state index in [0.29, 0.717) is 37.9 Å². The second kappa shape index (κ2) is 15.2. The van der Waals surface area contributed by atoms with E-state index in [1.807, 2.05) is 53.4 Å². The summed E-state index contributed by atoms with van der Waals surface area (Å²) < 4.78 is 36.0. The van der Waals surface area contributed by atoms with Crippen LogP contribution in [0.2, 0.25) is 0 Å². The molecule has 2 aliphatic carbocycles. The van der Waals surface area contributed by atoms with Crippen LogP contribution in [0, 0.1) is 0 Å². The Labute approximate surface area is 302 Å². The number of hydrogen-bond donors (Lipinski definition) is 1. The van der Waals surface area contributed by atoms with Gasteiger partial charge < -0.3 is 19.1 Å². The van der Waals surface area contributed by atoms with Crippen LogP contribution in [0.3, 0.4) is 0 Å². The van der Waals surface area contributed by atoms with Crippen molar-refractivity contribution >= 4 is 32.7 Å². The molecule has 10 heteroatoms. The zero-order valence-electron chi connectivity index (χ0n) is 29.9. The van der Waals surface area contributed by atoms with Gasteiger partial charge in [0.25, 0.3) is 5.91 Å². The van der Waals surface area contributed by atoms with Crippen LogP contribution in [0.5, 0.6) is 11.5 Å². The number of nitrogens with one attached hydrogen (secondary N) is 1. The molecule has 0 unspecified atom stereocenters. The predicted molar refractivity (Wildman–Crippen MR) is 202 cm³/mol. The zero-order chi connectivity index (χ0) is 35.5. The molecule has 0 atom stereocenters. The standard InChI is InChI=1S/C41H50N4O5S/c1-3-43(4-2)32-23-25-44(26-24-32)38(46)28-45-37-27-31(41(47)42-51(48,49)35-20-21-35)17-22-36(37)39(29-11-7-5-8-12-29)40(45)30-15-18-34(19-16-30)50-33-13-9-6-10-14-33/h6,9-10,13-19,22,27,29,32,35H,3-5,7-8,11-12,20-21,23-26,28H2,1-2H3,(H,42,47). The van der Waals surface area contributed by atoms with Gasteiger partial charge in [-0.2, -0.15) is 0 Å². The van der Waals surface area contributed by atoms with E-state index >= 15 is 0 Å². The summed E-state index contributed by atoms with van der Waals surface area (Å²) in [6.45, 7) is 7.95. The quantitative estimate of drug-likeness (QED) is 0.162. The van der Waals surface area contributed by atoms with Crippen LogP contribution in [-0.4, -0.2) is 72.1 Å². The Balaban J connectivity index is 1.29. The molecule has 270 valence electrons. The maximum atomic E-state index is 14.3. The van der Waals surface area contributed by atoms with Crippen LogP contribution in [0.15, 0.2) is 72.8 Å². The summed E-state index contributed by atoms with van der Waals surface area (Å²) in [5, 5.41) is 0.507. The first-order valence-corrected chi connectivity index (χ1v) is 20.4. The average Bonchev–Trinajstić information content (AvgIpc) is 3.98. The van der Waals surface area contributed by atoms with Crippen molar-refractivity contribution in [2.24, 2.45) is 0 Å². The Morgan fingerprint density at radius 3 is 2.14 bits per heavy atom. The number of aromatic nitrogens is 1. The second-order valence-corrected chi connectivity index (χ2v) is 16.3. The molecule has 3 aliphatic rings. The van der Waals surface area contributed by atoms with Gasteiger partial charge in [0.1, 0.15) is 18.0 Å². The van der Waals surface area contributed by atoms with E-state index < -0.39 is 21.2 Å². The topological polar surface area (TPSA) is 101 Å². The van der Waals surface area contributed by atoms with Gasteiger partial charge in [0.15, 0.2) is 0 Å². The van der Waals surface area contributed by atoms with Gasteiger partial charge in [0, 0.05) is 30.1 Å². The highest BCUT2D eigenvalue weighted by atomic mass is 32.2. The van der Waals surface area contributed by atoms with Gasteiger partial charge in [0.2, 0.25) is 15.9 Å². The van der Waals surface area contributed by atoms with Crippen molar-refractivity contribution in [2.75, 3.05) is 26.2 Å². The molecular formula is C41H50N4O5S. The van der Waals surface area contributed by atoms with Crippen molar-refractivity contribution < 1.29 is 22.7 Å². The number of sulfonamides is 1. The van der Waals surface area contributed by atoms with Gasteiger partial charge >= 0.3 is 0 Å². The van der Waals surface area contributed by atoms with Crippen LogP contribution < -0.4 is 9.46 Å². The number of carbonyl (C=O) groups is 2. The van der Waals surface area contributed by atoms with Gasteiger partial charge in [-0.25, -0.2) is 13.1 Å². The fourth-order valence-electron chi connectivity index (χ4n) is 8.21. The number of likely N-dealkylation sites (tertiary alicyclic amines) is 1. The van der Waals surface area contributed by atoms with Crippen LogP contribution in [-0.2, 0) is 21.4 Å². The summed E-state index contributed by atoms with van der Waals surface area (Å²) in [5.74, 6) is 1.19. The molecule has 0 radical (unpaired) electrons. The van der Waals surface area contributed by atoms with Crippen molar-refractivity contribution in [3.8, 4) is 22.8 Å². The number of benzene rings is 3. The molecule has 7 rings (SSSR count). The lowest BCUT2D eigenvalue weighted by molar-refractivity contribution is -0.133.